The number of carbonyl (C=O) groups excluding carboxylic acids is 1. The van der Waals surface area contributed by atoms with E-state index in [0.717, 1.165) is 6.42 Å². The summed E-state index contributed by atoms with van der Waals surface area (Å²) in [6, 6.07) is 1.63. The summed E-state index contributed by atoms with van der Waals surface area (Å²) in [6.45, 7) is 7.14. The Balaban J connectivity index is 2.62. The molecule has 6 heteroatoms. The Hall–Kier alpha value is -1.95. The number of nitrogens with one attached hydrogen (secondary N) is 2. The van der Waals surface area contributed by atoms with Gasteiger partial charge in [0.2, 0.25) is 0 Å². The summed E-state index contributed by atoms with van der Waals surface area (Å²) >= 11 is 0. The number of aryl methyl sites for hydroxylation is 1. The smallest absolute Gasteiger partial charge is 0.270 e. The third-order valence-electron chi connectivity index (χ3n) is 2.31. The van der Waals surface area contributed by atoms with E-state index in [-0.39, 0.29) is 5.91 Å². The van der Waals surface area contributed by atoms with Gasteiger partial charge in [-0.3, -0.25) is 4.79 Å². The van der Waals surface area contributed by atoms with Gasteiger partial charge < -0.3 is 15.4 Å². The van der Waals surface area contributed by atoms with E-state index in [1.54, 1.807) is 26.2 Å². The van der Waals surface area contributed by atoms with Gasteiger partial charge in [-0.15, -0.1) is 6.58 Å². The van der Waals surface area contributed by atoms with Crippen LogP contribution in [0.5, 0.6) is 0 Å². The van der Waals surface area contributed by atoms with Gasteiger partial charge in [0.1, 0.15) is 17.3 Å². The Morgan fingerprint density at radius 2 is 2.32 bits per heavy atom. The molecule has 1 aromatic heterocycles. The number of nitrogens with zero attached hydrogens (tertiary/aromatic N) is 2. The van der Waals surface area contributed by atoms with Crippen molar-refractivity contribution in [3.05, 3.63) is 30.2 Å². The Labute approximate surface area is 113 Å². The van der Waals surface area contributed by atoms with Gasteiger partial charge in [-0.25, -0.2) is 9.97 Å². The molecule has 0 aliphatic carbocycles. The molecule has 0 aromatic carbocycles. The fourth-order valence-corrected chi connectivity index (χ4v) is 1.46. The lowest BCUT2D eigenvalue weighted by Gasteiger charge is -2.08. The number of anilines is 1. The van der Waals surface area contributed by atoms with Crippen molar-refractivity contribution in [1.82, 2.24) is 15.3 Å². The molecule has 0 bridgehead atoms. The molecule has 0 radical (unpaired) electrons. The van der Waals surface area contributed by atoms with Gasteiger partial charge in [-0.2, -0.15) is 0 Å². The minimum Gasteiger partial charge on any atom is -0.385 e. The molecule has 1 aromatic rings. The van der Waals surface area contributed by atoms with Crippen LogP contribution in [0, 0.1) is 6.92 Å². The van der Waals surface area contributed by atoms with E-state index < -0.39 is 0 Å². The van der Waals surface area contributed by atoms with Crippen molar-refractivity contribution >= 4 is 11.7 Å². The van der Waals surface area contributed by atoms with Gasteiger partial charge in [-0.05, 0) is 13.3 Å². The first-order valence-corrected chi connectivity index (χ1v) is 6.15. The first-order chi connectivity index (χ1) is 9.17. The number of amides is 1. The van der Waals surface area contributed by atoms with Crippen molar-refractivity contribution in [2.24, 2.45) is 0 Å². The van der Waals surface area contributed by atoms with Gasteiger partial charge >= 0.3 is 0 Å². The molecule has 19 heavy (non-hydrogen) atoms. The SMILES string of the molecule is C=CCNc1cc(C(=O)NCCCOC)nc(C)n1. The summed E-state index contributed by atoms with van der Waals surface area (Å²) in [4.78, 5) is 20.2. The molecule has 1 amide bonds. The molecule has 104 valence electrons. The van der Waals surface area contributed by atoms with Crippen LogP contribution in [0.3, 0.4) is 0 Å². The summed E-state index contributed by atoms with van der Waals surface area (Å²) in [5, 5.41) is 5.82. The monoisotopic (exact) mass is 264 g/mol. The molecule has 1 rings (SSSR count). The third-order valence-corrected chi connectivity index (χ3v) is 2.31. The van der Waals surface area contributed by atoms with E-state index in [4.69, 9.17) is 4.74 Å². The molecule has 0 saturated carbocycles. The Kier molecular flexibility index (Phi) is 6.52. The van der Waals surface area contributed by atoms with Crippen LogP contribution >= 0.6 is 0 Å². The molecule has 0 fully saturated rings. The van der Waals surface area contributed by atoms with Crippen LogP contribution in [0.25, 0.3) is 0 Å². The summed E-state index contributed by atoms with van der Waals surface area (Å²) in [6.07, 6.45) is 2.50. The highest BCUT2D eigenvalue weighted by molar-refractivity contribution is 5.92. The lowest BCUT2D eigenvalue weighted by Crippen LogP contribution is -2.26. The van der Waals surface area contributed by atoms with Gasteiger partial charge in [-0.1, -0.05) is 6.08 Å². The predicted molar refractivity (Wildman–Crippen MR) is 74.3 cm³/mol. The molecule has 6 nitrogen and oxygen atoms in total. The first kappa shape index (κ1) is 15.1. The van der Waals surface area contributed by atoms with Crippen molar-refractivity contribution in [2.45, 2.75) is 13.3 Å². The second kappa shape index (κ2) is 8.20. The van der Waals surface area contributed by atoms with Crippen LogP contribution in [0.2, 0.25) is 0 Å². The van der Waals surface area contributed by atoms with E-state index in [2.05, 4.69) is 27.2 Å². The summed E-state index contributed by atoms with van der Waals surface area (Å²) in [5.74, 6) is 0.966. The second-order valence-electron chi connectivity index (χ2n) is 3.96. The zero-order chi connectivity index (χ0) is 14.1. The minimum absolute atomic E-state index is 0.205. The van der Waals surface area contributed by atoms with Gasteiger partial charge in [0.15, 0.2) is 0 Å². The second-order valence-corrected chi connectivity index (χ2v) is 3.96. The molecule has 0 atom stereocenters. The first-order valence-electron chi connectivity index (χ1n) is 6.15. The predicted octanol–water partition coefficient (Wildman–Crippen LogP) is 1.15. The average Bonchev–Trinajstić information content (AvgIpc) is 2.40. The van der Waals surface area contributed by atoms with Crippen LogP contribution in [0.1, 0.15) is 22.7 Å². The van der Waals surface area contributed by atoms with Crippen molar-refractivity contribution < 1.29 is 9.53 Å². The van der Waals surface area contributed by atoms with Crippen molar-refractivity contribution in [3.8, 4) is 0 Å². The summed E-state index contributed by atoms with van der Waals surface area (Å²) < 4.78 is 4.92. The summed E-state index contributed by atoms with van der Waals surface area (Å²) in [5.41, 5.74) is 0.358. The van der Waals surface area contributed by atoms with Gasteiger partial charge in [0.25, 0.3) is 5.91 Å². The largest absolute Gasteiger partial charge is 0.385 e. The highest BCUT2D eigenvalue weighted by Gasteiger charge is 2.09. The lowest BCUT2D eigenvalue weighted by atomic mass is 10.3. The number of hydrogen-bond donors (Lipinski definition) is 2. The zero-order valence-electron chi connectivity index (χ0n) is 11.4. The quantitative estimate of drug-likeness (QED) is 0.544. The van der Waals surface area contributed by atoms with E-state index in [9.17, 15) is 4.79 Å². The lowest BCUT2D eigenvalue weighted by molar-refractivity contribution is 0.0943. The number of hydrogen-bond acceptors (Lipinski definition) is 5. The maximum atomic E-state index is 11.9. The molecular weight excluding hydrogens is 244 g/mol. The van der Waals surface area contributed by atoms with Gasteiger partial charge in [0.05, 0.1) is 0 Å². The fourth-order valence-electron chi connectivity index (χ4n) is 1.46. The fraction of sp³-hybridized carbons (Fsp3) is 0.462. The molecule has 0 aliphatic rings. The topological polar surface area (TPSA) is 76.1 Å². The number of ether oxygens (including phenoxy) is 1. The standard InChI is InChI=1S/C13H20N4O2/c1-4-6-14-12-9-11(16-10(2)17-12)13(18)15-7-5-8-19-3/h4,9H,1,5-8H2,2-3H3,(H,15,18)(H,14,16,17). The highest BCUT2D eigenvalue weighted by Crippen LogP contribution is 2.06. The third kappa shape index (κ3) is 5.48. The average molecular weight is 264 g/mol. The van der Waals surface area contributed by atoms with Crippen LogP contribution in [0.15, 0.2) is 18.7 Å². The van der Waals surface area contributed by atoms with Crippen molar-refractivity contribution in [1.29, 1.82) is 0 Å². The van der Waals surface area contributed by atoms with E-state index >= 15 is 0 Å². The van der Waals surface area contributed by atoms with E-state index in [1.165, 1.54) is 0 Å². The Morgan fingerprint density at radius 1 is 1.53 bits per heavy atom. The van der Waals surface area contributed by atoms with Crippen molar-refractivity contribution in [2.75, 3.05) is 32.1 Å². The molecule has 0 spiro atoms. The Morgan fingerprint density at radius 3 is 3.00 bits per heavy atom. The molecule has 0 aliphatic heterocycles. The Bertz CT molecular complexity index is 435. The molecule has 0 saturated heterocycles. The van der Waals surface area contributed by atoms with Crippen molar-refractivity contribution in [3.63, 3.8) is 0 Å². The van der Waals surface area contributed by atoms with E-state index in [0.29, 0.717) is 37.0 Å². The van der Waals surface area contributed by atoms with E-state index in [1.807, 2.05) is 0 Å². The van der Waals surface area contributed by atoms with Crippen LogP contribution < -0.4 is 10.6 Å². The number of methoxy groups -OCH3 is 1. The number of rotatable bonds is 8. The summed E-state index contributed by atoms with van der Waals surface area (Å²) in [7, 11) is 1.63. The van der Waals surface area contributed by atoms with Crippen LogP contribution in [-0.2, 0) is 4.74 Å². The molecular formula is C13H20N4O2. The molecule has 0 unspecified atom stereocenters. The highest BCUT2D eigenvalue weighted by atomic mass is 16.5. The van der Waals surface area contributed by atoms with Crippen LogP contribution in [0.4, 0.5) is 5.82 Å². The maximum Gasteiger partial charge on any atom is 0.270 e. The maximum absolute atomic E-state index is 11.9. The number of carbonyl (C=O) groups is 1. The van der Waals surface area contributed by atoms with Crippen LogP contribution in [-0.4, -0.2) is 42.7 Å². The zero-order valence-corrected chi connectivity index (χ0v) is 11.4. The molecule has 2 N–H and O–H groups in total. The minimum atomic E-state index is -0.205. The molecule has 1 heterocycles. The van der Waals surface area contributed by atoms with Gasteiger partial charge in [0, 0.05) is 32.9 Å². The normalized spacial score (nSPS) is 10.0. The number of aromatic nitrogens is 2.